The van der Waals surface area contributed by atoms with Crippen LogP contribution in [0.15, 0.2) is 0 Å². The Bertz CT molecular complexity index is 211. The Balaban J connectivity index is 0. The number of likely N-dealkylation sites (tertiary alicyclic amines) is 1. The Labute approximate surface area is 74.7 Å². The minimum absolute atomic E-state index is 0. The minimum Gasteiger partial charge on any atom is -0.759 e. The highest BCUT2D eigenvalue weighted by atomic mass is 32.3. The first kappa shape index (κ1) is 11.8. The molecule has 1 aliphatic rings. The first-order valence-electron chi connectivity index (χ1n) is 3.69. The maximum Gasteiger partial charge on any atom is 1.00 e. The van der Waals surface area contributed by atoms with Crippen LogP contribution in [0, 0.1) is 0 Å². The van der Waals surface area contributed by atoms with Crippen molar-refractivity contribution in [1.29, 1.82) is 0 Å². The molecule has 0 aliphatic carbocycles. The number of quaternary nitrogens is 1. The molecular formula is C6H15NO4S. The van der Waals surface area contributed by atoms with E-state index in [1.807, 2.05) is 0 Å². The molecule has 0 unspecified atom stereocenters. The molecule has 1 fully saturated rings. The number of nitrogens with zero attached hydrogens (tertiary/aromatic N) is 1. The van der Waals surface area contributed by atoms with Gasteiger partial charge in [-0.1, -0.05) is 0 Å². The van der Waals surface area contributed by atoms with E-state index in [9.17, 15) is 0 Å². The average Bonchev–Trinajstić information content (AvgIpc) is 2.08. The molecule has 0 bridgehead atoms. The topological polar surface area (TPSA) is 80.3 Å². The van der Waals surface area contributed by atoms with Crippen LogP contribution in [0.4, 0.5) is 0 Å². The molecule has 5 nitrogen and oxygen atoms in total. The molecule has 0 radical (unpaired) electrons. The Morgan fingerprint density at radius 2 is 1.42 bits per heavy atom. The summed E-state index contributed by atoms with van der Waals surface area (Å²) in [6.45, 7) is 2.78. The van der Waals surface area contributed by atoms with Crippen LogP contribution in [0.3, 0.4) is 0 Å². The fourth-order valence-electron chi connectivity index (χ4n) is 1.19. The van der Waals surface area contributed by atoms with Crippen LogP contribution in [0.1, 0.15) is 14.3 Å². The highest BCUT2D eigenvalue weighted by Gasteiger charge is 2.19. The lowest BCUT2D eigenvalue weighted by Crippen LogP contribution is -2.35. The second kappa shape index (κ2) is 4.18. The fourth-order valence-corrected chi connectivity index (χ4v) is 1.19. The van der Waals surface area contributed by atoms with E-state index in [-0.39, 0.29) is 1.43 Å². The van der Waals surface area contributed by atoms with E-state index in [0.29, 0.717) is 0 Å². The van der Waals surface area contributed by atoms with Crippen molar-refractivity contribution in [3.05, 3.63) is 0 Å². The van der Waals surface area contributed by atoms with Crippen molar-refractivity contribution >= 4 is 10.4 Å². The minimum atomic E-state index is -5.17. The number of rotatable bonds is 0. The summed E-state index contributed by atoms with van der Waals surface area (Å²) in [7, 11) is -0.569. The molecule has 0 aromatic rings. The van der Waals surface area contributed by atoms with Crippen molar-refractivity contribution < 1.29 is 23.4 Å². The summed E-state index contributed by atoms with van der Waals surface area (Å²) in [5.41, 5.74) is 0. The highest BCUT2D eigenvalue weighted by molar-refractivity contribution is 7.79. The van der Waals surface area contributed by atoms with Gasteiger partial charge in [-0.25, -0.2) is 0 Å². The second-order valence-corrected chi connectivity index (χ2v) is 4.31. The van der Waals surface area contributed by atoms with Gasteiger partial charge in [-0.2, -0.15) is 0 Å². The number of hydrogen-bond acceptors (Lipinski definition) is 4. The van der Waals surface area contributed by atoms with E-state index < -0.39 is 10.4 Å². The van der Waals surface area contributed by atoms with Gasteiger partial charge >= 0.3 is 1.43 Å². The summed E-state index contributed by atoms with van der Waals surface area (Å²) in [5, 5.41) is 0. The van der Waals surface area contributed by atoms with Crippen LogP contribution in [-0.2, 0) is 10.4 Å². The lowest BCUT2D eigenvalue weighted by Gasteiger charge is -2.21. The molecule has 0 spiro atoms. The van der Waals surface area contributed by atoms with Crippen LogP contribution < -0.4 is 0 Å². The van der Waals surface area contributed by atoms with Crippen LogP contribution >= 0.6 is 0 Å². The summed E-state index contributed by atoms with van der Waals surface area (Å²) >= 11 is 0. The quantitative estimate of drug-likeness (QED) is 0.301. The molecular weight excluding hydrogens is 182 g/mol. The van der Waals surface area contributed by atoms with Gasteiger partial charge in [0.25, 0.3) is 0 Å². The van der Waals surface area contributed by atoms with E-state index in [1.54, 1.807) is 0 Å². The molecule has 1 heterocycles. The molecule has 0 N–H and O–H groups in total. The third-order valence-electron chi connectivity index (χ3n) is 1.78. The smallest absolute Gasteiger partial charge is 0.759 e. The van der Waals surface area contributed by atoms with E-state index in [2.05, 4.69) is 14.1 Å². The lowest BCUT2D eigenvalue weighted by molar-refractivity contribution is -0.877. The van der Waals surface area contributed by atoms with Crippen molar-refractivity contribution in [3.8, 4) is 0 Å². The van der Waals surface area contributed by atoms with Crippen molar-refractivity contribution in [2.75, 3.05) is 27.2 Å². The van der Waals surface area contributed by atoms with Gasteiger partial charge in [0.1, 0.15) is 0 Å². The van der Waals surface area contributed by atoms with Crippen LogP contribution in [-0.4, -0.2) is 49.2 Å². The largest absolute Gasteiger partial charge is 1.00 e. The van der Waals surface area contributed by atoms with Gasteiger partial charge < -0.3 is 13.6 Å². The van der Waals surface area contributed by atoms with Gasteiger partial charge in [-0.05, 0) is 0 Å². The highest BCUT2D eigenvalue weighted by Crippen LogP contribution is 2.11. The molecule has 1 aliphatic heterocycles. The maximum atomic E-state index is 8.52. The SMILES string of the molecule is C[N+]1(C)CCCC1.O=S(=O)([O-])[O-].[H+]. The number of hydrogen-bond donors (Lipinski definition) is 0. The first-order chi connectivity index (χ1) is 5.21. The molecule has 6 heteroatoms. The average molecular weight is 197 g/mol. The molecule has 0 saturated carbocycles. The van der Waals surface area contributed by atoms with Gasteiger partial charge in [0, 0.05) is 23.2 Å². The molecule has 0 aromatic carbocycles. The van der Waals surface area contributed by atoms with E-state index in [4.69, 9.17) is 17.5 Å². The van der Waals surface area contributed by atoms with Gasteiger partial charge in [-0.3, -0.25) is 8.42 Å². The predicted molar refractivity (Wildman–Crippen MR) is 42.7 cm³/mol. The van der Waals surface area contributed by atoms with Gasteiger partial charge in [0.15, 0.2) is 0 Å². The predicted octanol–water partition coefficient (Wildman–Crippen LogP) is -0.369. The molecule has 1 saturated heterocycles. The second-order valence-electron chi connectivity index (χ2n) is 3.50. The fraction of sp³-hybridized carbons (Fsp3) is 1.00. The zero-order valence-electron chi connectivity index (χ0n) is 8.32. The van der Waals surface area contributed by atoms with E-state index >= 15 is 0 Å². The zero-order chi connectivity index (χ0) is 9.83. The van der Waals surface area contributed by atoms with Crippen molar-refractivity contribution in [3.63, 3.8) is 0 Å². The van der Waals surface area contributed by atoms with Gasteiger partial charge in [0.05, 0.1) is 27.2 Å². The normalized spacial score (nSPS) is 21.3. The Morgan fingerprint density at radius 1 is 1.17 bits per heavy atom. The van der Waals surface area contributed by atoms with Crippen molar-refractivity contribution in [1.82, 2.24) is 0 Å². The van der Waals surface area contributed by atoms with Gasteiger partial charge in [-0.15, -0.1) is 0 Å². The lowest BCUT2D eigenvalue weighted by atomic mass is 10.4. The van der Waals surface area contributed by atoms with Crippen molar-refractivity contribution in [2.45, 2.75) is 12.8 Å². The molecule has 1 rings (SSSR count). The third kappa shape index (κ3) is 9.83. The monoisotopic (exact) mass is 197 g/mol. The first-order valence-corrected chi connectivity index (χ1v) is 5.03. The molecule has 0 aromatic heterocycles. The van der Waals surface area contributed by atoms with Gasteiger partial charge in [0.2, 0.25) is 0 Å². The van der Waals surface area contributed by atoms with Crippen LogP contribution in [0.5, 0.6) is 0 Å². The molecule has 74 valence electrons. The summed E-state index contributed by atoms with van der Waals surface area (Å²) < 4.78 is 35.3. The summed E-state index contributed by atoms with van der Waals surface area (Å²) in [6.07, 6.45) is 2.88. The molecule has 0 atom stereocenters. The Morgan fingerprint density at radius 3 is 1.50 bits per heavy atom. The summed E-state index contributed by atoms with van der Waals surface area (Å²) in [5.74, 6) is 0. The third-order valence-corrected chi connectivity index (χ3v) is 1.78. The zero-order valence-corrected chi connectivity index (χ0v) is 8.13. The van der Waals surface area contributed by atoms with Crippen LogP contribution in [0.2, 0.25) is 0 Å². The molecule has 0 amide bonds. The summed E-state index contributed by atoms with van der Waals surface area (Å²) in [4.78, 5) is 0. The molecule has 12 heavy (non-hydrogen) atoms. The van der Waals surface area contributed by atoms with Crippen molar-refractivity contribution in [2.24, 2.45) is 0 Å². The maximum absolute atomic E-state index is 8.52. The van der Waals surface area contributed by atoms with E-state index in [1.165, 1.54) is 30.4 Å². The van der Waals surface area contributed by atoms with E-state index in [0.717, 1.165) is 0 Å². The summed E-state index contributed by atoms with van der Waals surface area (Å²) in [6, 6.07) is 0. The Kier molecular flexibility index (Phi) is 4.12. The van der Waals surface area contributed by atoms with Crippen LogP contribution in [0.25, 0.3) is 0 Å². The standard InChI is InChI=1S/C6H14N.H2O4S/c1-7(2)5-3-4-6-7;1-5(2,3)4/h3-6H2,1-2H3;(H2,1,2,3,4)/q+1;/p-1. The Hall–Kier alpha value is -0.170.